The molecule has 4 unspecified atom stereocenters. The van der Waals surface area contributed by atoms with Crippen molar-refractivity contribution >= 4 is 29.1 Å². The van der Waals surface area contributed by atoms with E-state index in [9.17, 15) is 9.90 Å². The highest BCUT2D eigenvalue weighted by atomic mass is 35.5. The van der Waals surface area contributed by atoms with Crippen LogP contribution in [0, 0.1) is 23.2 Å². The van der Waals surface area contributed by atoms with Crippen LogP contribution >= 0.6 is 23.2 Å². The summed E-state index contributed by atoms with van der Waals surface area (Å²) < 4.78 is 6.79. The molecule has 2 spiro atoms. The Morgan fingerprint density at radius 3 is 2.76 bits per heavy atom. The smallest absolute Gasteiger partial charge is 0.217 e. The summed E-state index contributed by atoms with van der Waals surface area (Å²) in [5.74, 6) is 2.93. The number of fused-ring (bicyclic) bond motifs is 1. The third-order valence-corrected chi connectivity index (χ3v) is 11.7. The minimum atomic E-state index is -0.324. The molecule has 5 nitrogen and oxygen atoms in total. The average molecular weight is 540 g/mol. The van der Waals surface area contributed by atoms with Crippen LogP contribution in [0.25, 0.3) is 0 Å². The quantitative estimate of drug-likeness (QED) is 0.453. The number of benzene rings is 2. The van der Waals surface area contributed by atoms with Gasteiger partial charge in [0.25, 0.3) is 0 Å². The molecular formula is C30H32Cl2N2O3. The van der Waals surface area contributed by atoms with Crippen molar-refractivity contribution < 1.29 is 14.6 Å². The monoisotopic (exact) mass is 538 g/mol. The summed E-state index contributed by atoms with van der Waals surface area (Å²) in [6.45, 7) is 2.32. The summed E-state index contributed by atoms with van der Waals surface area (Å²) in [4.78, 5) is 12.9. The zero-order valence-corrected chi connectivity index (χ0v) is 22.5. The topological polar surface area (TPSA) is 70.6 Å². The molecule has 6 aliphatic rings. The first kappa shape index (κ1) is 23.0. The van der Waals surface area contributed by atoms with E-state index in [1.54, 1.807) is 6.92 Å². The zero-order chi connectivity index (χ0) is 25.3. The predicted octanol–water partition coefficient (Wildman–Crippen LogP) is 5.52. The zero-order valence-electron chi connectivity index (χ0n) is 20.9. The van der Waals surface area contributed by atoms with Gasteiger partial charge in [0.1, 0.15) is 6.10 Å². The number of hydrogen-bond donors (Lipinski definition) is 3. The van der Waals surface area contributed by atoms with E-state index in [4.69, 9.17) is 27.9 Å². The predicted molar refractivity (Wildman–Crippen MR) is 142 cm³/mol. The van der Waals surface area contributed by atoms with Crippen LogP contribution in [0.15, 0.2) is 30.3 Å². The molecule has 4 saturated carbocycles. The molecule has 37 heavy (non-hydrogen) atoms. The Kier molecular flexibility index (Phi) is 4.58. The van der Waals surface area contributed by atoms with Crippen molar-refractivity contribution in [3.63, 3.8) is 0 Å². The minimum absolute atomic E-state index is 0.0465. The minimum Gasteiger partial charge on any atom is -0.504 e. The maximum absolute atomic E-state index is 12.9. The van der Waals surface area contributed by atoms with Crippen LogP contribution in [-0.4, -0.2) is 28.7 Å². The van der Waals surface area contributed by atoms with Gasteiger partial charge in [-0.3, -0.25) is 4.79 Å². The largest absolute Gasteiger partial charge is 0.504 e. The van der Waals surface area contributed by atoms with Gasteiger partial charge in [-0.2, -0.15) is 0 Å². The van der Waals surface area contributed by atoms with Gasteiger partial charge in [-0.15, -0.1) is 0 Å². The SMILES string of the molecule is CC(=O)N[C@@]12CC[C@H](NCc3ccc(Cl)c(Cl)c3)[C@@H]3Oc4c(O)ccc5c4C31CC1(C5)C(CC3CC3)C12. The van der Waals surface area contributed by atoms with Gasteiger partial charge >= 0.3 is 0 Å². The number of phenols is 1. The Balaban J connectivity index is 1.22. The number of nitrogens with one attached hydrogen (secondary N) is 2. The molecule has 8 rings (SSSR count). The van der Waals surface area contributed by atoms with Gasteiger partial charge in [0.15, 0.2) is 11.5 Å². The first-order valence-corrected chi connectivity index (χ1v) is 14.5. The maximum atomic E-state index is 12.9. The van der Waals surface area contributed by atoms with E-state index in [2.05, 4.69) is 16.7 Å². The second kappa shape index (κ2) is 7.37. The first-order valence-electron chi connectivity index (χ1n) is 13.8. The maximum Gasteiger partial charge on any atom is 0.217 e. The second-order valence-electron chi connectivity index (χ2n) is 12.7. The number of aromatic hydroxyl groups is 1. The number of rotatable bonds is 6. The molecule has 2 bridgehead atoms. The van der Waals surface area contributed by atoms with Crippen LogP contribution in [0.2, 0.25) is 10.0 Å². The molecule has 5 aliphatic carbocycles. The van der Waals surface area contributed by atoms with Crippen molar-refractivity contribution in [3.8, 4) is 11.5 Å². The van der Waals surface area contributed by atoms with Gasteiger partial charge in [-0.1, -0.05) is 48.2 Å². The van der Waals surface area contributed by atoms with Crippen LogP contribution in [0.4, 0.5) is 0 Å². The third kappa shape index (κ3) is 2.84. The second-order valence-corrected chi connectivity index (χ2v) is 13.5. The third-order valence-electron chi connectivity index (χ3n) is 11.0. The Hall–Kier alpha value is -1.95. The fourth-order valence-corrected chi connectivity index (χ4v) is 10.1. The van der Waals surface area contributed by atoms with Crippen LogP contribution in [-0.2, 0) is 23.2 Å². The normalized spacial score (nSPS) is 39.5. The lowest BCUT2D eigenvalue weighted by Gasteiger charge is -2.56. The van der Waals surface area contributed by atoms with Crippen molar-refractivity contribution in [2.45, 2.75) is 81.5 Å². The van der Waals surface area contributed by atoms with E-state index >= 15 is 0 Å². The summed E-state index contributed by atoms with van der Waals surface area (Å²) in [7, 11) is 0. The van der Waals surface area contributed by atoms with E-state index < -0.39 is 0 Å². The highest BCUT2D eigenvalue weighted by Gasteiger charge is 2.88. The Labute approximate surface area is 227 Å². The molecule has 0 saturated heterocycles. The number of phenolic OH excluding ortho intramolecular Hbond substituents is 1. The lowest BCUT2D eigenvalue weighted by molar-refractivity contribution is -0.124. The molecule has 4 fully saturated rings. The fraction of sp³-hybridized carbons (Fsp3) is 0.567. The molecule has 7 atom stereocenters. The molecule has 3 N–H and O–H groups in total. The summed E-state index contributed by atoms with van der Waals surface area (Å²) in [5, 5.41) is 19.4. The average Bonchev–Trinajstić information content (AvgIpc) is 3.72. The molecule has 1 heterocycles. The van der Waals surface area contributed by atoms with Crippen LogP contribution < -0.4 is 15.4 Å². The van der Waals surface area contributed by atoms with Gasteiger partial charge in [0.05, 0.1) is 21.0 Å². The van der Waals surface area contributed by atoms with Crippen molar-refractivity contribution in [1.82, 2.24) is 10.6 Å². The van der Waals surface area contributed by atoms with Crippen LogP contribution in [0.3, 0.4) is 0 Å². The highest BCUT2D eigenvalue weighted by molar-refractivity contribution is 6.42. The molecule has 1 aliphatic heterocycles. The summed E-state index contributed by atoms with van der Waals surface area (Å²) in [6, 6.07) is 9.78. The number of amides is 1. The van der Waals surface area contributed by atoms with E-state index in [0.29, 0.717) is 34.2 Å². The molecule has 194 valence electrons. The Bertz CT molecular complexity index is 1360. The number of halogens is 2. The Morgan fingerprint density at radius 2 is 2.00 bits per heavy atom. The molecule has 0 aromatic heterocycles. The lowest BCUT2D eigenvalue weighted by Crippen LogP contribution is -2.72. The van der Waals surface area contributed by atoms with E-state index in [1.165, 1.54) is 30.4 Å². The van der Waals surface area contributed by atoms with E-state index in [1.807, 2.05) is 24.3 Å². The van der Waals surface area contributed by atoms with Crippen molar-refractivity contribution in [1.29, 1.82) is 0 Å². The number of carbonyl (C=O) groups is 1. The van der Waals surface area contributed by atoms with Gasteiger partial charge in [-0.05, 0) is 84.6 Å². The highest BCUT2D eigenvalue weighted by Crippen LogP contribution is 2.86. The lowest BCUT2D eigenvalue weighted by atomic mass is 9.52. The van der Waals surface area contributed by atoms with Crippen molar-refractivity contribution in [3.05, 3.63) is 57.1 Å². The van der Waals surface area contributed by atoms with Crippen molar-refractivity contribution in [2.75, 3.05) is 0 Å². The van der Waals surface area contributed by atoms with Crippen molar-refractivity contribution in [2.24, 2.45) is 23.2 Å². The van der Waals surface area contributed by atoms with Gasteiger partial charge in [0, 0.05) is 25.1 Å². The summed E-state index contributed by atoms with van der Waals surface area (Å²) in [6.07, 6.45) is 7.78. The molecule has 1 amide bonds. The van der Waals surface area contributed by atoms with Crippen LogP contribution in [0.5, 0.6) is 11.5 Å². The first-order chi connectivity index (χ1) is 17.8. The summed E-state index contributed by atoms with van der Waals surface area (Å²) in [5.41, 5.74) is 3.16. The number of carbonyl (C=O) groups excluding carboxylic acids is 1. The number of hydrogen-bond acceptors (Lipinski definition) is 4. The van der Waals surface area contributed by atoms with Gasteiger partial charge in [-0.25, -0.2) is 0 Å². The standard InChI is InChI=1S/C30H32Cl2N2O3/c1-15(35)34-30-9-8-22(33-13-17-4-6-20(31)21(32)11-17)27-29(30)14-28(19(26(28)30)10-16-2-3-16)12-18-5-7-23(36)25(37-27)24(18)29/h4-7,11,16,19,22,26-27,33,36H,2-3,8-10,12-14H2,1H3,(H,34,35)/t19?,22-,26?,27-,28?,29?,30+/m0/s1. The molecule has 2 aromatic rings. The van der Waals surface area contributed by atoms with E-state index in [-0.39, 0.29) is 40.2 Å². The fourth-order valence-electron chi connectivity index (χ4n) is 9.76. The van der Waals surface area contributed by atoms with Gasteiger partial charge in [0.2, 0.25) is 5.91 Å². The molecule has 2 aromatic carbocycles. The van der Waals surface area contributed by atoms with Crippen LogP contribution in [0.1, 0.15) is 62.1 Å². The molecule has 0 radical (unpaired) electrons. The van der Waals surface area contributed by atoms with E-state index in [0.717, 1.165) is 37.2 Å². The van der Waals surface area contributed by atoms with Gasteiger partial charge < -0.3 is 20.5 Å². The Morgan fingerprint density at radius 1 is 1.16 bits per heavy atom. The summed E-state index contributed by atoms with van der Waals surface area (Å²) >= 11 is 12.4. The molecular weight excluding hydrogens is 507 g/mol. The molecule has 7 heteroatoms. The number of ether oxygens (including phenoxy) is 1.